The number of alkyl halides is 1. The maximum absolute atomic E-state index is 11.7. The Morgan fingerprint density at radius 3 is 2.35 bits per heavy atom. The van der Waals surface area contributed by atoms with E-state index in [1.54, 1.807) is 0 Å². The molecular formula is C13H25BrN2O. The second kappa shape index (κ2) is 8.09. The molecule has 0 aliphatic carbocycles. The molecule has 4 heteroatoms. The molecule has 1 aliphatic rings. The van der Waals surface area contributed by atoms with Gasteiger partial charge in [0.1, 0.15) is 0 Å². The molecule has 0 saturated carbocycles. The molecule has 0 bridgehead atoms. The molecule has 1 amide bonds. The van der Waals surface area contributed by atoms with E-state index in [0.29, 0.717) is 12.3 Å². The molecule has 0 spiro atoms. The van der Waals surface area contributed by atoms with E-state index < -0.39 is 0 Å². The predicted molar refractivity (Wildman–Crippen MR) is 75.5 cm³/mol. The van der Waals surface area contributed by atoms with Gasteiger partial charge in [-0.3, -0.25) is 4.79 Å². The van der Waals surface area contributed by atoms with Crippen LogP contribution in [0.1, 0.15) is 33.1 Å². The summed E-state index contributed by atoms with van der Waals surface area (Å²) in [4.78, 5) is 16.2. The number of piperidine rings is 1. The van der Waals surface area contributed by atoms with Gasteiger partial charge >= 0.3 is 0 Å². The van der Waals surface area contributed by atoms with E-state index in [-0.39, 0.29) is 0 Å². The van der Waals surface area contributed by atoms with Crippen LogP contribution in [-0.4, -0.2) is 53.8 Å². The van der Waals surface area contributed by atoms with Gasteiger partial charge < -0.3 is 9.80 Å². The summed E-state index contributed by atoms with van der Waals surface area (Å²) in [7, 11) is 0. The van der Waals surface area contributed by atoms with Crippen LogP contribution in [0.2, 0.25) is 0 Å². The van der Waals surface area contributed by atoms with Gasteiger partial charge in [0, 0.05) is 31.4 Å². The first-order chi connectivity index (χ1) is 8.21. The van der Waals surface area contributed by atoms with E-state index in [1.165, 1.54) is 19.4 Å². The van der Waals surface area contributed by atoms with Crippen molar-refractivity contribution in [2.75, 3.05) is 38.1 Å². The van der Waals surface area contributed by atoms with Crippen molar-refractivity contribution in [2.45, 2.75) is 33.1 Å². The minimum atomic E-state index is 0.308. The van der Waals surface area contributed by atoms with Gasteiger partial charge in [-0.1, -0.05) is 29.8 Å². The fourth-order valence-electron chi connectivity index (χ4n) is 2.45. The van der Waals surface area contributed by atoms with Crippen LogP contribution in [0.4, 0.5) is 0 Å². The monoisotopic (exact) mass is 304 g/mol. The molecule has 0 N–H and O–H groups in total. The van der Waals surface area contributed by atoms with Gasteiger partial charge in [-0.15, -0.1) is 0 Å². The number of amides is 1. The second-order valence-electron chi connectivity index (χ2n) is 4.75. The highest BCUT2D eigenvalue weighted by molar-refractivity contribution is 9.09. The Morgan fingerprint density at radius 2 is 1.88 bits per heavy atom. The van der Waals surface area contributed by atoms with Crippen molar-refractivity contribution in [3.8, 4) is 0 Å². The largest absolute Gasteiger partial charge is 0.343 e. The smallest absolute Gasteiger partial charge is 0.223 e. The van der Waals surface area contributed by atoms with Crippen LogP contribution in [0.25, 0.3) is 0 Å². The fraction of sp³-hybridized carbons (Fsp3) is 0.923. The molecule has 1 aliphatic heterocycles. The van der Waals surface area contributed by atoms with Crippen LogP contribution >= 0.6 is 15.9 Å². The Morgan fingerprint density at radius 1 is 1.29 bits per heavy atom. The van der Waals surface area contributed by atoms with Gasteiger partial charge in [0.2, 0.25) is 5.91 Å². The summed E-state index contributed by atoms with van der Waals surface area (Å²) in [6.07, 6.45) is 2.98. The number of hydrogen-bond acceptors (Lipinski definition) is 2. The predicted octanol–water partition coefficient (Wildman–Crippen LogP) is 2.35. The first-order valence-corrected chi connectivity index (χ1v) is 7.89. The van der Waals surface area contributed by atoms with E-state index in [1.807, 2.05) is 4.90 Å². The van der Waals surface area contributed by atoms with Crippen molar-refractivity contribution < 1.29 is 4.79 Å². The van der Waals surface area contributed by atoms with Crippen molar-refractivity contribution in [3.05, 3.63) is 0 Å². The van der Waals surface area contributed by atoms with Crippen LogP contribution < -0.4 is 0 Å². The van der Waals surface area contributed by atoms with Gasteiger partial charge in [-0.05, 0) is 31.8 Å². The Kier molecular flexibility index (Phi) is 7.12. The standard InChI is InChI=1S/C13H25BrN2O/c1-3-15(4-2)11-12-6-9-16(10-7-12)13(17)5-8-14/h12H,3-11H2,1-2H3. The second-order valence-corrected chi connectivity index (χ2v) is 5.54. The lowest BCUT2D eigenvalue weighted by molar-refractivity contribution is -0.132. The van der Waals surface area contributed by atoms with Gasteiger partial charge in [-0.25, -0.2) is 0 Å². The molecule has 0 unspecified atom stereocenters. The maximum atomic E-state index is 11.7. The van der Waals surface area contributed by atoms with Crippen LogP contribution in [0.5, 0.6) is 0 Å². The van der Waals surface area contributed by atoms with E-state index >= 15 is 0 Å². The molecule has 1 fully saturated rings. The third-order valence-corrected chi connectivity index (χ3v) is 4.08. The van der Waals surface area contributed by atoms with E-state index in [9.17, 15) is 4.79 Å². The molecule has 0 atom stereocenters. The highest BCUT2D eigenvalue weighted by Crippen LogP contribution is 2.19. The molecule has 3 nitrogen and oxygen atoms in total. The molecule has 1 rings (SSSR count). The topological polar surface area (TPSA) is 23.6 Å². The average Bonchev–Trinajstić information content (AvgIpc) is 2.37. The molecular weight excluding hydrogens is 280 g/mol. The summed E-state index contributed by atoms with van der Waals surface area (Å²) in [5, 5.41) is 0.783. The third-order valence-electron chi connectivity index (χ3n) is 3.69. The SMILES string of the molecule is CCN(CC)CC1CCN(C(=O)CCBr)CC1. The average molecular weight is 305 g/mol. The summed E-state index contributed by atoms with van der Waals surface area (Å²) in [5.41, 5.74) is 0. The molecule has 17 heavy (non-hydrogen) atoms. The molecule has 100 valence electrons. The molecule has 0 aromatic carbocycles. The zero-order valence-corrected chi connectivity index (χ0v) is 12.7. The summed E-state index contributed by atoms with van der Waals surface area (Å²) in [6.45, 7) is 9.83. The van der Waals surface area contributed by atoms with Gasteiger partial charge in [-0.2, -0.15) is 0 Å². The van der Waals surface area contributed by atoms with Crippen molar-refractivity contribution in [2.24, 2.45) is 5.92 Å². The first-order valence-electron chi connectivity index (χ1n) is 6.77. The number of carbonyl (C=O) groups is 1. The van der Waals surface area contributed by atoms with E-state index in [0.717, 1.165) is 37.4 Å². The summed E-state index contributed by atoms with van der Waals surface area (Å²) in [6, 6.07) is 0. The first kappa shape index (κ1) is 15.0. The summed E-state index contributed by atoms with van der Waals surface area (Å²) >= 11 is 3.33. The van der Waals surface area contributed by atoms with Crippen molar-refractivity contribution in [1.82, 2.24) is 9.80 Å². The van der Waals surface area contributed by atoms with Crippen molar-refractivity contribution >= 4 is 21.8 Å². The van der Waals surface area contributed by atoms with Gasteiger partial charge in [0.15, 0.2) is 0 Å². The van der Waals surface area contributed by atoms with Gasteiger partial charge in [0.25, 0.3) is 0 Å². The lowest BCUT2D eigenvalue weighted by Crippen LogP contribution is -2.41. The lowest BCUT2D eigenvalue weighted by atomic mass is 9.96. The molecule has 0 aromatic rings. The molecule has 1 heterocycles. The number of carbonyl (C=O) groups excluding carboxylic acids is 1. The van der Waals surface area contributed by atoms with Crippen LogP contribution in [-0.2, 0) is 4.79 Å². The van der Waals surface area contributed by atoms with E-state index in [4.69, 9.17) is 0 Å². The Labute approximate surface area is 114 Å². The Bertz CT molecular complexity index is 223. The van der Waals surface area contributed by atoms with Gasteiger partial charge in [0.05, 0.1) is 0 Å². The fourth-order valence-corrected chi connectivity index (χ4v) is 2.79. The number of halogens is 1. The zero-order valence-electron chi connectivity index (χ0n) is 11.1. The lowest BCUT2D eigenvalue weighted by Gasteiger charge is -2.34. The van der Waals surface area contributed by atoms with E-state index in [2.05, 4.69) is 34.7 Å². The normalized spacial score (nSPS) is 17.8. The quantitative estimate of drug-likeness (QED) is 0.703. The molecule has 0 radical (unpaired) electrons. The molecule has 1 saturated heterocycles. The summed E-state index contributed by atoms with van der Waals surface area (Å²) < 4.78 is 0. The Balaban J connectivity index is 2.28. The molecule has 0 aromatic heterocycles. The number of rotatable bonds is 6. The zero-order chi connectivity index (χ0) is 12.7. The minimum absolute atomic E-state index is 0.308. The number of likely N-dealkylation sites (tertiary alicyclic amines) is 1. The summed E-state index contributed by atoms with van der Waals surface area (Å²) in [5.74, 6) is 1.09. The highest BCUT2D eigenvalue weighted by Gasteiger charge is 2.23. The third kappa shape index (κ3) is 4.96. The Hall–Kier alpha value is -0.0900. The number of hydrogen-bond donors (Lipinski definition) is 0. The van der Waals surface area contributed by atoms with Crippen molar-refractivity contribution in [3.63, 3.8) is 0 Å². The van der Waals surface area contributed by atoms with Crippen LogP contribution in [0, 0.1) is 5.92 Å². The maximum Gasteiger partial charge on any atom is 0.223 e. The van der Waals surface area contributed by atoms with Crippen molar-refractivity contribution in [1.29, 1.82) is 0 Å². The van der Waals surface area contributed by atoms with Crippen LogP contribution in [0.15, 0.2) is 0 Å². The van der Waals surface area contributed by atoms with Crippen LogP contribution in [0.3, 0.4) is 0 Å². The number of nitrogens with zero attached hydrogens (tertiary/aromatic N) is 2. The highest BCUT2D eigenvalue weighted by atomic mass is 79.9. The minimum Gasteiger partial charge on any atom is -0.343 e.